The van der Waals surface area contributed by atoms with Gasteiger partial charge in [0.25, 0.3) is 0 Å². The van der Waals surface area contributed by atoms with Crippen LogP contribution in [0.3, 0.4) is 0 Å². The maximum atomic E-state index is 5.39. The van der Waals surface area contributed by atoms with Crippen molar-refractivity contribution >= 4 is 17.6 Å². The zero-order valence-corrected chi connectivity index (χ0v) is 13.6. The summed E-state index contributed by atoms with van der Waals surface area (Å²) in [5.41, 5.74) is 0. The van der Waals surface area contributed by atoms with Crippen LogP contribution in [0.15, 0.2) is 36.7 Å². The highest BCUT2D eigenvalue weighted by Crippen LogP contribution is 2.20. The molecule has 0 bridgehead atoms. The SMILES string of the molecule is c1ccc(N2CCC(Nc3ccnc(N4CCOCC4)n3)C2)nc1. The van der Waals surface area contributed by atoms with Crippen LogP contribution in [0.2, 0.25) is 0 Å². The van der Waals surface area contributed by atoms with Crippen molar-refractivity contribution in [1.29, 1.82) is 0 Å². The van der Waals surface area contributed by atoms with Gasteiger partial charge in [-0.15, -0.1) is 0 Å². The van der Waals surface area contributed by atoms with E-state index in [2.05, 4.69) is 36.1 Å². The largest absolute Gasteiger partial charge is 0.378 e. The molecule has 7 heteroatoms. The quantitative estimate of drug-likeness (QED) is 0.911. The lowest BCUT2D eigenvalue weighted by atomic mass is 10.2. The van der Waals surface area contributed by atoms with Gasteiger partial charge in [-0.1, -0.05) is 6.07 Å². The number of nitrogens with zero attached hydrogens (tertiary/aromatic N) is 5. The van der Waals surface area contributed by atoms with Crippen molar-refractivity contribution in [3.05, 3.63) is 36.7 Å². The summed E-state index contributed by atoms with van der Waals surface area (Å²) in [6.45, 7) is 5.12. The Morgan fingerprint density at radius 3 is 2.75 bits per heavy atom. The van der Waals surface area contributed by atoms with Gasteiger partial charge in [0.05, 0.1) is 13.2 Å². The van der Waals surface area contributed by atoms with E-state index >= 15 is 0 Å². The average Bonchev–Trinajstić information content (AvgIpc) is 3.12. The molecule has 0 aromatic carbocycles. The highest BCUT2D eigenvalue weighted by molar-refractivity contribution is 5.45. The fourth-order valence-electron chi connectivity index (χ4n) is 3.18. The molecule has 1 atom stereocenters. The van der Waals surface area contributed by atoms with E-state index in [1.54, 1.807) is 0 Å². The summed E-state index contributed by atoms with van der Waals surface area (Å²) < 4.78 is 5.39. The first-order valence-corrected chi connectivity index (χ1v) is 8.47. The highest BCUT2D eigenvalue weighted by Gasteiger charge is 2.24. The topological polar surface area (TPSA) is 66.4 Å². The molecule has 126 valence electrons. The zero-order chi connectivity index (χ0) is 16.2. The molecule has 24 heavy (non-hydrogen) atoms. The molecular weight excluding hydrogens is 304 g/mol. The maximum Gasteiger partial charge on any atom is 0.227 e. The standard InChI is InChI=1S/C17H22N6O/c1-2-6-18-16(3-1)23-8-5-14(13-23)20-15-4-7-19-17(21-15)22-9-11-24-12-10-22/h1-4,6-7,14H,5,8-13H2,(H,19,20,21). The second kappa shape index (κ2) is 7.00. The summed E-state index contributed by atoms with van der Waals surface area (Å²) in [7, 11) is 0. The molecule has 2 aliphatic heterocycles. The maximum absolute atomic E-state index is 5.39. The van der Waals surface area contributed by atoms with Gasteiger partial charge in [-0.05, 0) is 24.6 Å². The minimum atomic E-state index is 0.374. The molecule has 2 fully saturated rings. The average molecular weight is 326 g/mol. The number of morpholine rings is 1. The van der Waals surface area contributed by atoms with Crippen LogP contribution in [-0.4, -0.2) is 60.4 Å². The van der Waals surface area contributed by atoms with Crippen LogP contribution in [0.25, 0.3) is 0 Å². The smallest absolute Gasteiger partial charge is 0.227 e. The molecule has 7 nitrogen and oxygen atoms in total. The van der Waals surface area contributed by atoms with E-state index < -0.39 is 0 Å². The number of hydrogen-bond acceptors (Lipinski definition) is 7. The van der Waals surface area contributed by atoms with Gasteiger partial charge in [0.1, 0.15) is 11.6 Å². The second-order valence-corrected chi connectivity index (χ2v) is 6.11. The molecule has 0 amide bonds. The second-order valence-electron chi connectivity index (χ2n) is 6.11. The summed E-state index contributed by atoms with van der Waals surface area (Å²) in [5, 5.41) is 3.54. The van der Waals surface area contributed by atoms with E-state index in [-0.39, 0.29) is 0 Å². The van der Waals surface area contributed by atoms with Crippen molar-refractivity contribution in [2.24, 2.45) is 0 Å². The lowest BCUT2D eigenvalue weighted by molar-refractivity contribution is 0.122. The van der Waals surface area contributed by atoms with E-state index in [1.165, 1.54) is 0 Å². The number of rotatable bonds is 4. The molecular formula is C17H22N6O. The molecule has 4 rings (SSSR count). The third-order valence-corrected chi connectivity index (χ3v) is 4.45. The third-order valence-electron chi connectivity index (χ3n) is 4.45. The molecule has 0 aliphatic carbocycles. The van der Waals surface area contributed by atoms with Crippen LogP contribution < -0.4 is 15.1 Å². The van der Waals surface area contributed by atoms with Crippen molar-refractivity contribution in [3.8, 4) is 0 Å². The number of nitrogens with one attached hydrogen (secondary N) is 1. The van der Waals surface area contributed by atoms with Crippen molar-refractivity contribution < 1.29 is 4.74 Å². The van der Waals surface area contributed by atoms with Gasteiger partial charge in [0.2, 0.25) is 5.95 Å². The Labute approximate surface area is 141 Å². The first-order valence-electron chi connectivity index (χ1n) is 8.47. The Morgan fingerprint density at radius 2 is 1.92 bits per heavy atom. The van der Waals surface area contributed by atoms with Gasteiger partial charge in [-0.25, -0.2) is 9.97 Å². The minimum absolute atomic E-state index is 0.374. The third kappa shape index (κ3) is 3.41. The Kier molecular flexibility index (Phi) is 4.42. The van der Waals surface area contributed by atoms with E-state index in [0.717, 1.165) is 63.4 Å². The minimum Gasteiger partial charge on any atom is -0.378 e. The summed E-state index contributed by atoms with van der Waals surface area (Å²) in [6, 6.07) is 8.35. The Hall–Kier alpha value is -2.41. The van der Waals surface area contributed by atoms with Crippen molar-refractivity contribution in [3.63, 3.8) is 0 Å². The van der Waals surface area contributed by atoms with Crippen LogP contribution in [0.1, 0.15) is 6.42 Å². The van der Waals surface area contributed by atoms with Crippen LogP contribution in [0, 0.1) is 0 Å². The molecule has 2 saturated heterocycles. The molecule has 1 unspecified atom stereocenters. The van der Waals surface area contributed by atoms with Crippen molar-refractivity contribution in [1.82, 2.24) is 15.0 Å². The predicted octanol–water partition coefficient (Wildman–Crippen LogP) is 1.40. The molecule has 4 heterocycles. The normalized spacial score (nSPS) is 21.1. The monoisotopic (exact) mass is 326 g/mol. The van der Waals surface area contributed by atoms with Crippen molar-refractivity contribution in [2.75, 3.05) is 54.5 Å². The molecule has 1 N–H and O–H groups in total. The van der Waals surface area contributed by atoms with E-state index in [4.69, 9.17) is 4.74 Å². The Bertz CT molecular complexity index is 661. The van der Waals surface area contributed by atoms with Gasteiger partial charge in [-0.2, -0.15) is 4.98 Å². The van der Waals surface area contributed by atoms with E-state index in [1.807, 2.05) is 30.6 Å². The number of aromatic nitrogens is 3. The Balaban J connectivity index is 1.39. The van der Waals surface area contributed by atoms with E-state index in [9.17, 15) is 0 Å². The number of hydrogen-bond donors (Lipinski definition) is 1. The zero-order valence-electron chi connectivity index (χ0n) is 13.6. The van der Waals surface area contributed by atoms with Crippen LogP contribution in [0.4, 0.5) is 17.6 Å². The van der Waals surface area contributed by atoms with Gasteiger partial charge in [0.15, 0.2) is 0 Å². The number of ether oxygens (including phenoxy) is 1. The van der Waals surface area contributed by atoms with Crippen LogP contribution >= 0.6 is 0 Å². The molecule has 2 aliphatic rings. The molecule has 2 aromatic rings. The number of anilines is 3. The first-order chi connectivity index (χ1) is 11.9. The molecule has 0 saturated carbocycles. The summed E-state index contributed by atoms with van der Waals surface area (Å²) in [5.74, 6) is 2.71. The van der Waals surface area contributed by atoms with Gasteiger partial charge >= 0.3 is 0 Å². The van der Waals surface area contributed by atoms with Crippen LogP contribution in [0.5, 0.6) is 0 Å². The molecule has 0 spiro atoms. The highest BCUT2D eigenvalue weighted by atomic mass is 16.5. The lowest BCUT2D eigenvalue weighted by Gasteiger charge is -2.27. The van der Waals surface area contributed by atoms with Crippen molar-refractivity contribution in [2.45, 2.75) is 12.5 Å². The van der Waals surface area contributed by atoms with Gasteiger partial charge in [-0.3, -0.25) is 0 Å². The van der Waals surface area contributed by atoms with Gasteiger partial charge in [0, 0.05) is 44.6 Å². The fraction of sp³-hybridized carbons (Fsp3) is 0.471. The number of pyridine rings is 1. The predicted molar refractivity (Wildman–Crippen MR) is 93.5 cm³/mol. The molecule has 0 radical (unpaired) electrons. The summed E-state index contributed by atoms with van der Waals surface area (Å²) >= 11 is 0. The fourth-order valence-corrected chi connectivity index (χ4v) is 3.18. The van der Waals surface area contributed by atoms with Gasteiger partial charge < -0.3 is 19.9 Å². The summed E-state index contributed by atoms with van der Waals surface area (Å²) in [4.78, 5) is 18.0. The van der Waals surface area contributed by atoms with Crippen LogP contribution in [-0.2, 0) is 4.74 Å². The molecule has 2 aromatic heterocycles. The van der Waals surface area contributed by atoms with E-state index in [0.29, 0.717) is 6.04 Å². The summed E-state index contributed by atoms with van der Waals surface area (Å²) in [6.07, 6.45) is 4.74. The Morgan fingerprint density at radius 1 is 1.00 bits per heavy atom. The lowest BCUT2D eigenvalue weighted by Crippen LogP contribution is -2.37. The first kappa shape index (κ1) is 15.1.